The van der Waals surface area contributed by atoms with Gasteiger partial charge in [0.1, 0.15) is 5.54 Å². The average molecular weight is 268 g/mol. The summed E-state index contributed by atoms with van der Waals surface area (Å²) < 4.78 is 4.86. The van der Waals surface area contributed by atoms with E-state index in [0.717, 1.165) is 25.8 Å². The van der Waals surface area contributed by atoms with Crippen LogP contribution < -0.4 is 5.73 Å². The van der Waals surface area contributed by atoms with Crippen LogP contribution in [0.3, 0.4) is 0 Å². The summed E-state index contributed by atoms with van der Waals surface area (Å²) in [7, 11) is 1.43. The van der Waals surface area contributed by atoms with Crippen LogP contribution in [0.1, 0.15) is 58.3 Å². The number of hydrogen-bond acceptors (Lipinski definition) is 4. The molecule has 0 aromatic heterocycles. The molecular weight excluding hydrogens is 240 g/mol. The SMILES string of the molecule is CCN(C1CCCCC1)C1CCC(N)(C(=O)OC)C1. The van der Waals surface area contributed by atoms with Crippen molar-refractivity contribution in [2.24, 2.45) is 5.73 Å². The maximum Gasteiger partial charge on any atom is 0.325 e. The topological polar surface area (TPSA) is 55.6 Å². The third-order valence-corrected chi connectivity index (χ3v) is 4.99. The smallest absolute Gasteiger partial charge is 0.325 e. The Kier molecular flexibility index (Phi) is 4.85. The number of ether oxygens (including phenoxy) is 1. The fourth-order valence-corrected chi connectivity index (χ4v) is 3.95. The quantitative estimate of drug-likeness (QED) is 0.793. The number of hydrogen-bond donors (Lipinski definition) is 1. The van der Waals surface area contributed by atoms with Crippen LogP contribution in [0.25, 0.3) is 0 Å². The fourth-order valence-electron chi connectivity index (χ4n) is 3.95. The van der Waals surface area contributed by atoms with E-state index in [1.54, 1.807) is 0 Å². The highest BCUT2D eigenvalue weighted by Gasteiger charge is 2.45. The molecule has 2 rings (SSSR count). The zero-order valence-corrected chi connectivity index (χ0v) is 12.4. The molecule has 0 saturated heterocycles. The Labute approximate surface area is 116 Å². The Morgan fingerprint density at radius 1 is 1.26 bits per heavy atom. The molecule has 0 radical (unpaired) electrons. The monoisotopic (exact) mass is 268 g/mol. The Morgan fingerprint density at radius 3 is 2.53 bits per heavy atom. The molecule has 2 aliphatic carbocycles. The van der Waals surface area contributed by atoms with E-state index >= 15 is 0 Å². The van der Waals surface area contributed by atoms with Crippen LogP contribution in [0.5, 0.6) is 0 Å². The predicted octanol–water partition coefficient (Wildman–Crippen LogP) is 2.06. The van der Waals surface area contributed by atoms with Crippen LogP contribution in [0.15, 0.2) is 0 Å². The van der Waals surface area contributed by atoms with E-state index in [9.17, 15) is 4.79 Å². The highest BCUT2D eigenvalue weighted by atomic mass is 16.5. The number of methoxy groups -OCH3 is 1. The molecule has 110 valence electrons. The van der Waals surface area contributed by atoms with E-state index in [4.69, 9.17) is 10.5 Å². The minimum Gasteiger partial charge on any atom is -0.468 e. The molecule has 0 bridgehead atoms. The van der Waals surface area contributed by atoms with E-state index in [-0.39, 0.29) is 5.97 Å². The highest BCUT2D eigenvalue weighted by Crippen LogP contribution is 2.35. The van der Waals surface area contributed by atoms with Gasteiger partial charge in [-0.3, -0.25) is 9.69 Å². The number of nitrogens with zero attached hydrogens (tertiary/aromatic N) is 1. The summed E-state index contributed by atoms with van der Waals surface area (Å²) in [6.45, 7) is 3.29. The van der Waals surface area contributed by atoms with Crippen LogP contribution in [0.2, 0.25) is 0 Å². The van der Waals surface area contributed by atoms with Gasteiger partial charge in [0, 0.05) is 12.1 Å². The molecule has 0 aromatic rings. The summed E-state index contributed by atoms with van der Waals surface area (Å²) in [5, 5.41) is 0. The van der Waals surface area contributed by atoms with E-state index in [0.29, 0.717) is 12.1 Å². The van der Waals surface area contributed by atoms with Crippen molar-refractivity contribution in [1.29, 1.82) is 0 Å². The lowest BCUT2D eigenvalue weighted by molar-refractivity contribution is -0.147. The van der Waals surface area contributed by atoms with Crippen molar-refractivity contribution in [3.05, 3.63) is 0 Å². The Balaban J connectivity index is 1.99. The molecule has 0 aromatic carbocycles. The maximum absolute atomic E-state index is 11.8. The van der Waals surface area contributed by atoms with Crippen molar-refractivity contribution in [2.45, 2.75) is 75.9 Å². The largest absolute Gasteiger partial charge is 0.468 e. The Hall–Kier alpha value is -0.610. The van der Waals surface area contributed by atoms with Crippen molar-refractivity contribution in [3.8, 4) is 0 Å². The van der Waals surface area contributed by atoms with Crippen molar-refractivity contribution in [1.82, 2.24) is 4.90 Å². The van der Waals surface area contributed by atoms with Gasteiger partial charge in [-0.2, -0.15) is 0 Å². The normalized spacial score (nSPS) is 32.7. The minimum atomic E-state index is -0.749. The Morgan fingerprint density at radius 2 is 1.95 bits per heavy atom. The van der Waals surface area contributed by atoms with Crippen molar-refractivity contribution in [2.75, 3.05) is 13.7 Å². The average Bonchev–Trinajstić information content (AvgIpc) is 2.84. The van der Waals surface area contributed by atoms with Crippen LogP contribution in [0.4, 0.5) is 0 Å². The van der Waals surface area contributed by atoms with E-state index < -0.39 is 5.54 Å². The van der Waals surface area contributed by atoms with Gasteiger partial charge in [0.25, 0.3) is 0 Å². The van der Waals surface area contributed by atoms with Gasteiger partial charge in [-0.25, -0.2) is 0 Å². The van der Waals surface area contributed by atoms with Crippen molar-refractivity contribution >= 4 is 5.97 Å². The molecule has 4 nitrogen and oxygen atoms in total. The third-order valence-electron chi connectivity index (χ3n) is 4.99. The van der Waals surface area contributed by atoms with Gasteiger partial charge >= 0.3 is 5.97 Å². The number of nitrogens with two attached hydrogens (primary N) is 1. The predicted molar refractivity (Wildman–Crippen MR) is 75.8 cm³/mol. The highest BCUT2D eigenvalue weighted by molar-refractivity contribution is 5.81. The molecule has 19 heavy (non-hydrogen) atoms. The van der Waals surface area contributed by atoms with Crippen LogP contribution >= 0.6 is 0 Å². The lowest BCUT2D eigenvalue weighted by Gasteiger charge is -2.38. The van der Waals surface area contributed by atoms with E-state index in [1.165, 1.54) is 39.2 Å². The molecule has 0 spiro atoms. The summed E-state index contributed by atoms with van der Waals surface area (Å²) in [5.41, 5.74) is 5.48. The summed E-state index contributed by atoms with van der Waals surface area (Å²) in [5.74, 6) is -0.241. The van der Waals surface area contributed by atoms with Gasteiger partial charge < -0.3 is 10.5 Å². The molecular formula is C15H28N2O2. The number of carbonyl (C=O) groups is 1. The summed E-state index contributed by atoms with van der Waals surface area (Å²) in [6.07, 6.45) is 9.22. The molecule has 2 atom stereocenters. The number of rotatable bonds is 4. The molecule has 4 heteroatoms. The first kappa shape index (κ1) is 14.8. The summed E-state index contributed by atoms with van der Waals surface area (Å²) >= 11 is 0. The van der Waals surface area contributed by atoms with Gasteiger partial charge in [-0.05, 0) is 38.6 Å². The second kappa shape index (κ2) is 6.23. The standard InChI is InChI=1S/C15H28N2O2/c1-3-17(12-7-5-4-6-8-12)13-9-10-15(16,11-13)14(18)19-2/h12-13H,3-11,16H2,1-2H3. The molecule has 2 unspecified atom stereocenters. The minimum absolute atomic E-state index is 0.241. The van der Waals surface area contributed by atoms with Gasteiger partial charge in [-0.1, -0.05) is 26.2 Å². The Bertz CT molecular complexity index is 315. The number of esters is 1. The van der Waals surface area contributed by atoms with Crippen LogP contribution in [-0.2, 0) is 9.53 Å². The van der Waals surface area contributed by atoms with Crippen molar-refractivity contribution in [3.63, 3.8) is 0 Å². The zero-order chi connectivity index (χ0) is 13.9. The molecule has 2 saturated carbocycles. The summed E-state index contributed by atoms with van der Waals surface area (Å²) in [4.78, 5) is 14.4. The lowest BCUT2D eigenvalue weighted by Crippen LogP contribution is -2.49. The van der Waals surface area contributed by atoms with Gasteiger partial charge in [-0.15, -0.1) is 0 Å². The molecule has 2 aliphatic rings. The van der Waals surface area contributed by atoms with E-state index in [1.807, 2.05) is 0 Å². The number of carbonyl (C=O) groups excluding carboxylic acids is 1. The van der Waals surface area contributed by atoms with Gasteiger partial charge in [0.15, 0.2) is 0 Å². The fraction of sp³-hybridized carbons (Fsp3) is 0.933. The molecule has 0 amide bonds. The van der Waals surface area contributed by atoms with Gasteiger partial charge in [0.05, 0.1) is 7.11 Å². The molecule has 0 heterocycles. The zero-order valence-electron chi connectivity index (χ0n) is 12.4. The van der Waals surface area contributed by atoms with Crippen molar-refractivity contribution < 1.29 is 9.53 Å². The van der Waals surface area contributed by atoms with Crippen LogP contribution in [-0.4, -0.2) is 42.1 Å². The lowest BCUT2D eigenvalue weighted by atomic mass is 9.92. The van der Waals surface area contributed by atoms with Crippen LogP contribution in [0, 0.1) is 0 Å². The third kappa shape index (κ3) is 3.11. The second-order valence-electron chi connectivity index (χ2n) is 6.17. The molecule has 0 aliphatic heterocycles. The first-order chi connectivity index (χ1) is 9.10. The first-order valence-corrected chi connectivity index (χ1v) is 7.74. The second-order valence-corrected chi connectivity index (χ2v) is 6.17. The van der Waals surface area contributed by atoms with Gasteiger partial charge in [0.2, 0.25) is 0 Å². The molecule has 2 N–H and O–H groups in total. The van der Waals surface area contributed by atoms with E-state index in [2.05, 4.69) is 11.8 Å². The summed E-state index contributed by atoms with van der Waals surface area (Å²) in [6, 6.07) is 1.15. The first-order valence-electron chi connectivity index (χ1n) is 7.74. The molecule has 2 fully saturated rings. The maximum atomic E-state index is 11.8.